The lowest BCUT2D eigenvalue weighted by molar-refractivity contribution is 0.635. The van der Waals surface area contributed by atoms with Crippen LogP contribution < -0.4 is 5.32 Å². The van der Waals surface area contributed by atoms with Gasteiger partial charge in [0, 0.05) is 17.6 Å². The average molecular weight is 246 g/mol. The highest BCUT2D eigenvalue weighted by molar-refractivity contribution is 5.83. The van der Waals surface area contributed by atoms with Crippen molar-refractivity contribution in [3.63, 3.8) is 0 Å². The van der Waals surface area contributed by atoms with Gasteiger partial charge in [-0.05, 0) is 30.2 Å². The predicted molar refractivity (Wildman–Crippen MR) is 73.2 cm³/mol. The second kappa shape index (κ2) is 5.44. The molecule has 0 bridgehead atoms. The molecule has 0 aliphatic carbocycles. The van der Waals surface area contributed by atoms with Crippen LogP contribution in [-0.4, -0.2) is 11.5 Å². The fraction of sp³-hybridized carbons (Fsp3) is 0.400. The minimum absolute atomic E-state index is 0.243. The van der Waals surface area contributed by atoms with E-state index in [-0.39, 0.29) is 5.82 Å². The third-order valence-electron chi connectivity index (χ3n) is 3.05. The van der Waals surface area contributed by atoms with E-state index >= 15 is 0 Å². The number of aromatic nitrogens is 1. The Balaban J connectivity index is 2.61. The summed E-state index contributed by atoms with van der Waals surface area (Å²) in [5, 5.41) is 4.20. The number of nitrogens with zero attached hydrogens (tertiary/aromatic N) is 1. The van der Waals surface area contributed by atoms with Crippen molar-refractivity contribution >= 4 is 10.9 Å². The van der Waals surface area contributed by atoms with Crippen molar-refractivity contribution < 1.29 is 4.39 Å². The molecule has 2 aromatic rings. The number of rotatable bonds is 4. The minimum Gasteiger partial charge on any atom is -0.313 e. The lowest BCUT2D eigenvalue weighted by Crippen LogP contribution is -2.13. The maximum absolute atomic E-state index is 13.8. The van der Waals surface area contributed by atoms with Gasteiger partial charge in [-0.25, -0.2) is 9.37 Å². The molecule has 0 aliphatic heterocycles. The van der Waals surface area contributed by atoms with Crippen LogP contribution in [0.2, 0.25) is 0 Å². The molecule has 1 aromatic heterocycles. The molecule has 0 fully saturated rings. The van der Waals surface area contributed by atoms with E-state index in [4.69, 9.17) is 0 Å². The van der Waals surface area contributed by atoms with Crippen molar-refractivity contribution in [1.82, 2.24) is 10.3 Å². The molecule has 2 rings (SSSR count). The Morgan fingerprint density at radius 1 is 1.33 bits per heavy atom. The van der Waals surface area contributed by atoms with E-state index in [1.165, 1.54) is 6.07 Å². The standard InChI is InChI=1S/C15H19FN2/c1-4-17-9-11-8-14(10(2)3)18-15-12(11)6-5-7-13(15)16/h5-8,10,17H,4,9H2,1-3H3. The first-order valence-corrected chi connectivity index (χ1v) is 6.42. The second-order valence-electron chi connectivity index (χ2n) is 4.78. The summed E-state index contributed by atoms with van der Waals surface area (Å²) in [7, 11) is 0. The number of pyridine rings is 1. The fourth-order valence-corrected chi connectivity index (χ4v) is 2.01. The number of hydrogen-bond acceptors (Lipinski definition) is 2. The summed E-state index contributed by atoms with van der Waals surface area (Å²) in [6.45, 7) is 7.86. The summed E-state index contributed by atoms with van der Waals surface area (Å²) >= 11 is 0. The summed E-state index contributed by atoms with van der Waals surface area (Å²) < 4.78 is 13.8. The van der Waals surface area contributed by atoms with Gasteiger partial charge < -0.3 is 5.32 Å². The molecule has 1 aromatic carbocycles. The van der Waals surface area contributed by atoms with Crippen LogP contribution in [-0.2, 0) is 6.54 Å². The molecule has 0 saturated heterocycles. The number of nitrogens with one attached hydrogen (secondary N) is 1. The number of benzene rings is 1. The topological polar surface area (TPSA) is 24.9 Å². The van der Waals surface area contributed by atoms with Gasteiger partial charge in [0.2, 0.25) is 0 Å². The Kier molecular flexibility index (Phi) is 3.92. The Bertz CT molecular complexity index is 549. The van der Waals surface area contributed by atoms with Crippen LogP contribution in [0.4, 0.5) is 4.39 Å². The smallest absolute Gasteiger partial charge is 0.149 e. The second-order valence-corrected chi connectivity index (χ2v) is 4.78. The van der Waals surface area contributed by atoms with Crippen molar-refractivity contribution in [3.05, 3.63) is 41.3 Å². The van der Waals surface area contributed by atoms with E-state index in [1.54, 1.807) is 6.07 Å². The molecular formula is C15H19FN2. The van der Waals surface area contributed by atoms with E-state index < -0.39 is 0 Å². The number of halogens is 1. The average Bonchev–Trinajstić information content (AvgIpc) is 2.36. The Labute approximate surface area is 107 Å². The molecule has 1 heterocycles. The first-order chi connectivity index (χ1) is 8.63. The highest BCUT2D eigenvalue weighted by Gasteiger charge is 2.10. The number of para-hydroxylation sites is 1. The van der Waals surface area contributed by atoms with Gasteiger partial charge in [0.1, 0.15) is 11.3 Å². The lowest BCUT2D eigenvalue weighted by atomic mass is 10.0. The maximum atomic E-state index is 13.8. The van der Waals surface area contributed by atoms with Gasteiger partial charge in [-0.1, -0.05) is 32.9 Å². The monoisotopic (exact) mass is 246 g/mol. The highest BCUT2D eigenvalue weighted by atomic mass is 19.1. The first-order valence-electron chi connectivity index (χ1n) is 6.42. The fourth-order valence-electron chi connectivity index (χ4n) is 2.01. The molecule has 1 N–H and O–H groups in total. The predicted octanol–water partition coefficient (Wildman–Crippen LogP) is 3.61. The summed E-state index contributed by atoms with van der Waals surface area (Å²) in [4.78, 5) is 4.44. The van der Waals surface area contributed by atoms with Crippen LogP contribution in [0.1, 0.15) is 37.9 Å². The molecule has 3 heteroatoms. The summed E-state index contributed by atoms with van der Waals surface area (Å²) in [6.07, 6.45) is 0. The molecule has 0 amide bonds. The van der Waals surface area contributed by atoms with Gasteiger partial charge in [0.05, 0.1) is 0 Å². The van der Waals surface area contributed by atoms with Gasteiger partial charge >= 0.3 is 0 Å². The van der Waals surface area contributed by atoms with Crippen molar-refractivity contribution in [2.75, 3.05) is 6.54 Å². The highest BCUT2D eigenvalue weighted by Crippen LogP contribution is 2.24. The van der Waals surface area contributed by atoms with Crippen LogP contribution in [0, 0.1) is 5.82 Å². The molecule has 0 spiro atoms. The van der Waals surface area contributed by atoms with E-state index in [0.717, 1.165) is 29.7 Å². The molecule has 0 radical (unpaired) electrons. The van der Waals surface area contributed by atoms with E-state index in [1.807, 2.05) is 6.07 Å². The van der Waals surface area contributed by atoms with Gasteiger partial charge in [-0.3, -0.25) is 0 Å². The molecule has 96 valence electrons. The van der Waals surface area contributed by atoms with Gasteiger partial charge in [-0.15, -0.1) is 0 Å². The van der Waals surface area contributed by atoms with Crippen LogP contribution in [0.15, 0.2) is 24.3 Å². The number of hydrogen-bond donors (Lipinski definition) is 1. The summed E-state index contributed by atoms with van der Waals surface area (Å²) in [5.41, 5.74) is 2.54. The first kappa shape index (κ1) is 13.0. The van der Waals surface area contributed by atoms with Crippen molar-refractivity contribution in [2.45, 2.75) is 33.2 Å². The molecule has 0 saturated carbocycles. The minimum atomic E-state index is -0.243. The van der Waals surface area contributed by atoms with Crippen LogP contribution in [0.3, 0.4) is 0 Å². The quantitative estimate of drug-likeness (QED) is 0.891. The van der Waals surface area contributed by atoms with Gasteiger partial charge in [-0.2, -0.15) is 0 Å². The molecular weight excluding hydrogens is 227 g/mol. The third-order valence-corrected chi connectivity index (χ3v) is 3.05. The van der Waals surface area contributed by atoms with Crippen molar-refractivity contribution in [2.24, 2.45) is 0 Å². The zero-order chi connectivity index (χ0) is 13.1. The van der Waals surface area contributed by atoms with Crippen molar-refractivity contribution in [1.29, 1.82) is 0 Å². The normalized spacial score (nSPS) is 11.4. The van der Waals surface area contributed by atoms with Crippen LogP contribution >= 0.6 is 0 Å². The molecule has 0 unspecified atom stereocenters. The van der Waals surface area contributed by atoms with E-state index in [0.29, 0.717) is 11.4 Å². The van der Waals surface area contributed by atoms with Gasteiger partial charge in [0.25, 0.3) is 0 Å². The largest absolute Gasteiger partial charge is 0.313 e. The Morgan fingerprint density at radius 2 is 2.11 bits per heavy atom. The van der Waals surface area contributed by atoms with E-state index in [9.17, 15) is 4.39 Å². The Hall–Kier alpha value is -1.48. The molecule has 0 aliphatic rings. The lowest BCUT2D eigenvalue weighted by Gasteiger charge is -2.12. The summed E-state index contributed by atoms with van der Waals surface area (Å²) in [6, 6.07) is 7.22. The zero-order valence-corrected chi connectivity index (χ0v) is 11.1. The number of fused-ring (bicyclic) bond motifs is 1. The van der Waals surface area contributed by atoms with Crippen molar-refractivity contribution in [3.8, 4) is 0 Å². The zero-order valence-electron chi connectivity index (χ0n) is 11.1. The Morgan fingerprint density at radius 3 is 2.78 bits per heavy atom. The molecule has 2 nitrogen and oxygen atoms in total. The van der Waals surface area contributed by atoms with Gasteiger partial charge in [0.15, 0.2) is 0 Å². The van der Waals surface area contributed by atoms with E-state index in [2.05, 4.69) is 37.1 Å². The van der Waals surface area contributed by atoms with Crippen LogP contribution in [0.5, 0.6) is 0 Å². The third kappa shape index (κ3) is 2.51. The van der Waals surface area contributed by atoms with Crippen LogP contribution in [0.25, 0.3) is 10.9 Å². The summed E-state index contributed by atoms with van der Waals surface area (Å²) in [5.74, 6) is 0.0575. The maximum Gasteiger partial charge on any atom is 0.149 e. The SMILES string of the molecule is CCNCc1cc(C(C)C)nc2c(F)cccc12. The molecule has 0 atom stereocenters. The molecule has 18 heavy (non-hydrogen) atoms.